The number of carbonyl (C=O) groups is 1. The number of hydrogen-bond donors (Lipinski definition) is 1. The Labute approximate surface area is 191 Å². The third-order valence-corrected chi connectivity index (χ3v) is 4.78. The summed E-state index contributed by atoms with van der Waals surface area (Å²) < 4.78 is 85.7. The highest BCUT2D eigenvalue weighted by Gasteiger charge is 2.37. The number of imidazole rings is 1. The Balaban J connectivity index is 1.86. The van der Waals surface area contributed by atoms with Crippen molar-refractivity contribution in [2.75, 3.05) is 13.2 Å². The summed E-state index contributed by atoms with van der Waals surface area (Å²) in [7, 11) is 0. The van der Waals surface area contributed by atoms with E-state index in [2.05, 4.69) is 10.3 Å². The quantitative estimate of drug-likeness (QED) is 0.344. The highest BCUT2D eigenvalue weighted by atomic mass is 19.4. The molecule has 1 aromatic heterocycles. The lowest BCUT2D eigenvalue weighted by molar-refractivity contribution is -0.143. The molecule has 1 heterocycles. The van der Waals surface area contributed by atoms with Crippen LogP contribution in [0.5, 0.6) is 0 Å². The van der Waals surface area contributed by atoms with E-state index in [0.717, 1.165) is 0 Å². The predicted octanol–water partition coefficient (Wildman–Crippen LogP) is 5.73. The maximum Gasteiger partial charge on any atom is 0.416 e. The molecule has 0 aliphatic heterocycles. The number of hydrogen-bond acceptors (Lipinski definition) is 3. The molecular formula is C23H21F6N3O2. The first kappa shape index (κ1) is 25.3. The molecule has 182 valence electrons. The van der Waals surface area contributed by atoms with E-state index >= 15 is 0 Å². The minimum Gasteiger partial charge on any atom is -0.377 e. The van der Waals surface area contributed by atoms with Crippen molar-refractivity contribution in [2.24, 2.45) is 0 Å². The topological polar surface area (TPSA) is 56.1 Å². The maximum absolute atomic E-state index is 13.1. The zero-order valence-electron chi connectivity index (χ0n) is 18.2. The molecule has 0 saturated heterocycles. The van der Waals surface area contributed by atoms with Gasteiger partial charge in [0.2, 0.25) is 0 Å². The van der Waals surface area contributed by atoms with Gasteiger partial charge in [0.1, 0.15) is 5.69 Å². The summed E-state index contributed by atoms with van der Waals surface area (Å²) in [6.45, 7) is 4.33. The molecule has 0 bridgehead atoms. The van der Waals surface area contributed by atoms with Crippen molar-refractivity contribution >= 4 is 5.91 Å². The monoisotopic (exact) mass is 485 g/mol. The predicted molar refractivity (Wildman–Crippen MR) is 112 cm³/mol. The Bertz CT molecular complexity index is 1100. The lowest BCUT2D eigenvalue weighted by Crippen LogP contribution is -2.29. The first-order valence-electron chi connectivity index (χ1n) is 10.2. The number of nitrogens with zero attached hydrogens (tertiary/aromatic N) is 2. The Morgan fingerprint density at radius 3 is 2.09 bits per heavy atom. The summed E-state index contributed by atoms with van der Waals surface area (Å²) in [6, 6.07) is 7.12. The Morgan fingerprint density at radius 2 is 1.56 bits per heavy atom. The summed E-state index contributed by atoms with van der Waals surface area (Å²) in [6.07, 6.45) is -7.13. The summed E-state index contributed by atoms with van der Waals surface area (Å²) in [4.78, 5) is 16.4. The van der Waals surface area contributed by atoms with Gasteiger partial charge in [-0.05, 0) is 55.3 Å². The van der Waals surface area contributed by atoms with Crippen molar-refractivity contribution in [2.45, 2.75) is 32.3 Å². The fourth-order valence-electron chi connectivity index (χ4n) is 3.15. The van der Waals surface area contributed by atoms with Crippen molar-refractivity contribution in [1.29, 1.82) is 0 Å². The lowest BCUT2D eigenvalue weighted by Gasteiger charge is -2.15. The molecule has 3 aromatic rings. The third kappa shape index (κ3) is 6.16. The molecule has 0 fully saturated rings. The van der Waals surface area contributed by atoms with Gasteiger partial charge in [0.05, 0.1) is 36.4 Å². The summed E-state index contributed by atoms with van der Waals surface area (Å²) in [5.74, 6) is -0.415. The van der Waals surface area contributed by atoms with Crippen LogP contribution in [-0.4, -0.2) is 34.7 Å². The number of halogens is 6. The van der Waals surface area contributed by atoms with Crippen molar-refractivity contribution in [3.63, 3.8) is 0 Å². The first-order valence-corrected chi connectivity index (χ1v) is 10.2. The largest absolute Gasteiger partial charge is 0.416 e. The molecule has 0 unspecified atom stereocenters. The molecule has 0 radical (unpaired) electrons. The van der Waals surface area contributed by atoms with E-state index in [4.69, 9.17) is 4.74 Å². The van der Waals surface area contributed by atoms with Gasteiger partial charge in [0.25, 0.3) is 5.91 Å². The number of amides is 1. The zero-order valence-corrected chi connectivity index (χ0v) is 18.2. The van der Waals surface area contributed by atoms with Crippen molar-refractivity contribution in [1.82, 2.24) is 14.9 Å². The number of ether oxygens (including phenoxy) is 1. The van der Waals surface area contributed by atoms with Crippen LogP contribution in [0.2, 0.25) is 0 Å². The van der Waals surface area contributed by atoms with Crippen LogP contribution in [-0.2, 0) is 17.1 Å². The molecule has 34 heavy (non-hydrogen) atoms. The number of alkyl halides is 6. The van der Waals surface area contributed by atoms with Crippen LogP contribution in [0, 0.1) is 0 Å². The second kappa shape index (κ2) is 9.88. The average Bonchev–Trinajstić information content (AvgIpc) is 3.25. The summed E-state index contributed by atoms with van der Waals surface area (Å²) in [5, 5.41) is 2.69. The number of nitrogens with one attached hydrogen (secondary N) is 1. The molecule has 5 nitrogen and oxygen atoms in total. The zero-order chi connectivity index (χ0) is 25.1. The number of benzene rings is 2. The molecule has 0 aliphatic carbocycles. The van der Waals surface area contributed by atoms with Gasteiger partial charge in [-0.1, -0.05) is 12.1 Å². The molecule has 0 atom stereocenters. The molecule has 1 N–H and O–H groups in total. The van der Waals surface area contributed by atoms with Gasteiger partial charge >= 0.3 is 12.4 Å². The van der Waals surface area contributed by atoms with E-state index in [-0.39, 0.29) is 35.5 Å². The van der Waals surface area contributed by atoms with Crippen molar-refractivity contribution in [3.8, 4) is 16.8 Å². The Kier molecular flexibility index (Phi) is 7.35. The van der Waals surface area contributed by atoms with Crippen LogP contribution >= 0.6 is 0 Å². The van der Waals surface area contributed by atoms with Gasteiger partial charge in [-0.15, -0.1) is 0 Å². The van der Waals surface area contributed by atoms with Crippen molar-refractivity contribution < 1.29 is 35.9 Å². The average molecular weight is 485 g/mol. The molecule has 2 aromatic carbocycles. The molecule has 0 spiro atoms. The second-order valence-electron chi connectivity index (χ2n) is 7.67. The minimum atomic E-state index is -4.94. The van der Waals surface area contributed by atoms with E-state index in [1.807, 2.05) is 13.8 Å². The van der Waals surface area contributed by atoms with Crippen molar-refractivity contribution in [3.05, 3.63) is 71.8 Å². The molecule has 0 saturated carbocycles. The number of carbonyl (C=O) groups excluding carboxylic acids is 1. The molecule has 3 rings (SSSR count). The van der Waals surface area contributed by atoms with E-state index in [1.54, 1.807) is 0 Å². The molecule has 1 amide bonds. The highest BCUT2D eigenvalue weighted by Crippen LogP contribution is 2.38. The van der Waals surface area contributed by atoms with Crippen LogP contribution in [0.1, 0.15) is 35.5 Å². The van der Waals surface area contributed by atoms with Crippen LogP contribution in [0.15, 0.2) is 55.0 Å². The molecule has 0 aliphatic rings. The maximum atomic E-state index is 13.1. The normalized spacial score (nSPS) is 12.3. The minimum absolute atomic E-state index is 0.0185. The van der Waals surface area contributed by atoms with E-state index < -0.39 is 29.4 Å². The van der Waals surface area contributed by atoms with Gasteiger partial charge < -0.3 is 10.1 Å². The Morgan fingerprint density at radius 1 is 0.971 bits per heavy atom. The fourth-order valence-corrected chi connectivity index (χ4v) is 3.15. The van der Waals surface area contributed by atoms with Gasteiger partial charge in [0, 0.05) is 12.2 Å². The van der Waals surface area contributed by atoms with Crippen LogP contribution < -0.4 is 5.32 Å². The smallest absolute Gasteiger partial charge is 0.377 e. The fraction of sp³-hybridized carbons (Fsp3) is 0.304. The second-order valence-corrected chi connectivity index (χ2v) is 7.67. The first-order chi connectivity index (χ1) is 15.9. The van der Waals surface area contributed by atoms with E-state index in [9.17, 15) is 31.1 Å². The summed E-state index contributed by atoms with van der Waals surface area (Å²) >= 11 is 0. The standard InChI is InChI=1S/C23H21F6N3O2/c1-14(2)34-8-7-31-21(33)20-12-30-13-32(20)19-5-3-15(4-6-19)16-9-17(22(24,25)26)11-18(10-16)23(27,28)29/h3-6,9-14H,7-8H2,1-2H3,(H,31,33). The van der Waals surface area contributed by atoms with Gasteiger partial charge in [0.15, 0.2) is 0 Å². The SMILES string of the molecule is CC(C)OCCNC(=O)c1cncn1-c1ccc(-c2cc(C(F)(F)F)cc(C(F)(F)F)c2)cc1. The Hall–Kier alpha value is -3.34. The van der Waals surface area contributed by atoms with Gasteiger partial charge in [-0.2, -0.15) is 26.3 Å². The van der Waals surface area contributed by atoms with E-state index in [1.165, 1.54) is 41.4 Å². The van der Waals surface area contributed by atoms with Crippen LogP contribution in [0.25, 0.3) is 16.8 Å². The third-order valence-electron chi connectivity index (χ3n) is 4.78. The summed E-state index contributed by atoms with van der Waals surface area (Å²) in [5.41, 5.74) is -2.21. The number of rotatable bonds is 7. The van der Waals surface area contributed by atoms with Crippen LogP contribution in [0.4, 0.5) is 26.3 Å². The highest BCUT2D eigenvalue weighted by molar-refractivity contribution is 5.93. The number of aromatic nitrogens is 2. The van der Waals surface area contributed by atoms with Gasteiger partial charge in [-0.3, -0.25) is 9.36 Å². The molecule has 11 heteroatoms. The van der Waals surface area contributed by atoms with E-state index in [0.29, 0.717) is 24.4 Å². The lowest BCUT2D eigenvalue weighted by atomic mass is 9.99. The van der Waals surface area contributed by atoms with Gasteiger partial charge in [-0.25, -0.2) is 4.98 Å². The molecular weight excluding hydrogens is 464 g/mol. The van der Waals surface area contributed by atoms with Crippen LogP contribution in [0.3, 0.4) is 0 Å².